The fourth-order valence-electron chi connectivity index (χ4n) is 2.47. The minimum atomic E-state index is -1.19. The number of carbonyl (C=O) groups is 1. The van der Waals surface area contributed by atoms with Gasteiger partial charge in [-0.3, -0.25) is 4.79 Å². The van der Waals surface area contributed by atoms with E-state index in [4.69, 9.17) is 4.74 Å². The average molecular weight is 294 g/mol. The lowest BCUT2D eigenvalue weighted by molar-refractivity contribution is -0.152. The molecule has 0 radical (unpaired) electrons. The molecule has 0 saturated carbocycles. The molecule has 4 heteroatoms. The van der Waals surface area contributed by atoms with Crippen LogP contribution >= 0.6 is 0 Å². The molecule has 0 aliphatic heterocycles. The Bertz CT molecular complexity index is 437. The maximum Gasteiger partial charge on any atom is 0.309 e. The van der Waals surface area contributed by atoms with Crippen LogP contribution < -0.4 is 4.74 Å². The number of methoxy groups -OCH3 is 1. The van der Waals surface area contributed by atoms with Gasteiger partial charge in [-0.05, 0) is 43.9 Å². The van der Waals surface area contributed by atoms with Crippen LogP contribution in [0.15, 0.2) is 24.3 Å². The van der Waals surface area contributed by atoms with Gasteiger partial charge in [0, 0.05) is 0 Å². The second kappa shape index (κ2) is 8.03. The number of aliphatic carboxylic acids is 1. The van der Waals surface area contributed by atoms with Gasteiger partial charge in [0.15, 0.2) is 0 Å². The Morgan fingerprint density at radius 2 is 1.95 bits per heavy atom. The van der Waals surface area contributed by atoms with Crippen molar-refractivity contribution in [1.82, 2.24) is 0 Å². The fraction of sp³-hybridized carbons (Fsp3) is 0.588. The van der Waals surface area contributed by atoms with Gasteiger partial charge >= 0.3 is 5.97 Å². The molecule has 1 aromatic rings. The van der Waals surface area contributed by atoms with Gasteiger partial charge in [-0.15, -0.1) is 0 Å². The van der Waals surface area contributed by atoms with Crippen LogP contribution in [0.4, 0.5) is 0 Å². The normalized spacial score (nSPS) is 15.2. The molecule has 0 aliphatic carbocycles. The third kappa shape index (κ3) is 5.38. The van der Waals surface area contributed by atoms with Gasteiger partial charge in [0.05, 0.1) is 18.6 Å². The second-order valence-electron chi connectivity index (χ2n) is 5.74. The van der Waals surface area contributed by atoms with Crippen molar-refractivity contribution in [2.24, 2.45) is 5.92 Å². The largest absolute Gasteiger partial charge is 0.497 e. The van der Waals surface area contributed by atoms with Crippen LogP contribution in [0.25, 0.3) is 0 Å². The van der Waals surface area contributed by atoms with Crippen LogP contribution in [-0.4, -0.2) is 28.9 Å². The van der Waals surface area contributed by atoms with Crippen LogP contribution in [0.2, 0.25) is 0 Å². The zero-order valence-electron chi connectivity index (χ0n) is 13.1. The summed E-state index contributed by atoms with van der Waals surface area (Å²) in [6.07, 6.45) is 3.34. The summed E-state index contributed by atoms with van der Waals surface area (Å²) < 4.78 is 5.10. The molecule has 0 aliphatic rings. The molecule has 1 aromatic carbocycles. The van der Waals surface area contributed by atoms with Gasteiger partial charge in [0.2, 0.25) is 0 Å². The zero-order valence-corrected chi connectivity index (χ0v) is 13.1. The van der Waals surface area contributed by atoms with Crippen molar-refractivity contribution in [3.63, 3.8) is 0 Å². The summed E-state index contributed by atoms with van der Waals surface area (Å²) >= 11 is 0. The number of benzene rings is 1. The Balaban J connectivity index is 2.65. The first kappa shape index (κ1) is 17.5. The van der Waals surface area contributed by atoms with Gasteiger partial charge in [0.1, 0.15) is 5.75 Å². The molecule has 0 amide bonds. The van der Waals surface area contributed by atoms with Crippen LogP contribution in [0.1, 0.15) is 45.1 Å². The van der Waals surface area contributed by atoms with Crippen molar-refractivity contribution >= 4 is 5.97 Å². The summed E-state index contributed by atoms with van der Waals surface area (Å²) in [5.74, 6) is -0.837. The lowest BCUT2D eigenvalue weighted by Crippen LogP contribution is -2.40. The maximum atomic E-state index is 11.4. The minimum absolute atomic E-state index is 0.431. The quantitative estimate of drug-likeness (QED) is 0.733. The second-order valence-corrected chi connectivity index (χ2v) is 5.74. The first-order chi connectivity index (χ1) is 9.90. The van der Waals surface area contributed by atoms with Crippen LogP contribution in [0.5, 0.6) is 5.75 Å². The molecule has 0 saturated heterocycles. The highest BCUT2D eigenvalue weighted by Gasteiger charge is 2.36. The fourth-order valence-corrected chi connectivity index (χ4v) is 2.47. The van der Waals surface area contributed by atoms with E-state index in [0.717, 1.165) is 24.2 Å². The predicted molar refractivity (Wildman–Crippen MR) is 82.6 cm³/mol. The maximum absolute atomic E-state index is 11.4. The van der Waals surface area contributed by atoms with E-state index in [9.17, 15) is 15.0 Å². The average Bonchev–Trinajstić information content (AvgIpc) is 2.45. The van der Waals surface area contributed by atoms with E-state index in [1.54, 1.807) is 14.0 Å². The van der Waals surface area contributed by atoms with Crippen molar-refractivity contribution in [1.29, 1.82) is 0 Å². The van der Waals surface area contributed by atoms with Crippen LogP contribution in [-0.2, 0) is 11.2 Å². The van der Waals surface area contributed by atoms with Crippen LogP contribution in [0.3, 0.4) is 0 Å². The van der Waals surface area contributed by atoms with Gasteiger partial charge in [0.25, 0.3) is 0 Å². The molecule has 0 spiro atoms. The Kier molecular flexibility index (Phi) is 6.69. The van der Waals surface area contributed by atoms with E-state index < -0.39 is 17.5 Å². The summed E-state index contributed by atoms with van der Waals surface area (Å²) in [4.78, 5) is 11.4. The number of hydrogen-bond donors (Lipinski definition) is 2. The molecule has 0 aromatic heterocycles. The number of unbranched alkanes of at least 4 members (excludes halogenated alkanes) is 1. The number of carboxylic acid groups (broad SMARTS) is 1. The van der Waals surface area contributed by atoms with Crippen molar-refractivity contribution in [3.8, 4) is 5.75 Å². The number of carboxylic acids is 1. The highest BCUT2D eigenvalue weighted by atomic mass is 16.5. The van der Waals surface area contributed by atoms with Gasteiger partial charge in [-0.1, -0.05) is 31.9 Å². The van der Waals surface area contributed by atoms with Gasteiger partial charge in [-0.2, -0.15) is 0 Å². The summed E-state index contributed by atoms with van der Waals surface area (Å²) in [6, 6.07) is 7.62. The van der Waals surface area contributed by atoms with Crippen molar-refractivity contribution < 1.29 is 19.7 Å². The SMILES string of the molecule is CCCCC(C(=O)O)C(C)(O)CCc1ccc(OC)cc1. The number of ether oxygens (including phenoxy) is 1. The molecule has 118 valence electrons. The van der Waals surface area contributed by atoms with Crippen molar-refractivity contribution in [2.75, 3.05) is 7.11 Å². The molecule has 0 fully saturated rings. The lowest BCUT2D eigenvalue weighted by atomic mass is 9.81. The molecule has 0 heterocycles. The molecule has 0 bridgehead atoms. The Morgan fingerprint density at radius 3 is 2.43 bits per heavy atom. The van der Waals surface area contributed by atoms with E-state index in [-0.39, 0.29) is 0 Å². The summed E-state index contributed by atoms with van der Waals surface area (Å²) in [7, 11) is 1.62. The molecule has 1 rings (SSSR count). The topological polar surface area (TPSA) is 66.8 Å². The van der Waals surface area contributed by atoms with E-state index >= 15 is 0 Å². The standard InChI is InChI=1S/C17H26O4/c1-4-5-6-15(16(18)19)17(2,20)12-11-13-7-9-14(21-3)10-8-13/h7-10,15,20H,4-6,11-12H2,1-3H3,(H,18,19). The van der Waals surface area contributed by atoms with Crippen molar-refractivity contribution in [2.45, 2.75) is 51.6 Å². The number of rotatable bonds is 9. The number of hydrogen-bond acceptors (Lipinski definition) is 3. The molecular formula is C17H26O4. The summed E-state index contributed by atoms with van der Waals surface area (Å²) in [5.41, 5.74) is -0.128. The van der Waals surface area contributed by atoms with E-state index in [2.05, 4.69) is 0 Å². The Labute approximate surface area is 126 Å². The minimum Gasteiger partial charge on any atom is -0.497 e. The van der Waals surface area contributed by atoms with Gasteiger partial charge < -0.3 is 14.9 Å². The molecule has 2 unspecified atom stereocenters. The van der Waals surface area contributed by atoms with Crippen molar-refractivity contribution in [3.05, 3.63) is 29.8 Å². The van der Waals surface area contributed by atoms with E-state index in [1.807, 2.05) is 31.2 Å². The molecule has 2 N–H and O–H groups in total. The zero-order chi connectivity index (χ0) is 15.9. The van der Waals surface area contributed by atoms with Gasteiger partial charge in [-0.25, -0.2) is 0 Å². The van der Waals surface area contributed by atoms with Crippen LogP contribution in [0, 0.1) is 5.92 Å². The number of aliphatic hydroxyl groups is 1. The van der Waals surface area contributed by atoms with E-state index in [0.29, 0.717) is 19.3 Å². The highest BCUT2D eigenvalue weighted by Crippen LogP contribution is 2.28. The smallest absolute Gasteiger partial charge is 0.309 e. The molecule has 4 nitrogen and oxygen atoms in total. The predicted octanol–water partition coefficient (Wildman–Crippen LogP) is 3.27. The third-order valence-electron chi connectivity index (χ3n) is 3.97. The first-order valence-corrected chi connectivity index (χ1v) is 7.48. The third-order valence-corrected chi connectivity index (χ3v) is 3.97. The highest BCUT2D eigenvalue weighted by molar-refractivity contribution is 5.71. The summed E-state index contributed by atoms with van der Waals surface area (Å²) in [5, 5.41) is 19.9. The monoisotopic (exact) mass is 294 g/mol. The first-order valence-electron chi connectivity index (χ1n) is 7.48. The molecular weight excluding hydrogens is 268 g/mol. The lowest BCUT2D eigenvalue weighted by Gasteiger charge is -2.30. The molecule has 21 heavy (non-hydrogen) atoms. The number of aryl methyl sites for hydroxylation is 1. The Morgan fingerprint density at radius 1 is 1.33 bits per heavy atom. The van der Waals surface area contributed by atoms with E-state index in [1.165, 1.54) is 0 Å². The molecule has 2 atom stereocenters. The summed E-state index contributed by atoms with van der Waals surface area (Å²) in [6.45, 7) is 3.65. The Hall–Kier alpha value is -1.55.